The molecule has 0 atom stereocenters. The molecule has 1 aromatic heterocycles. The number of unbranched alkanes of at least 4 members (excludes halogenated alkanes) is 1. The second-order valence-corrected chi connectivity index (χ2v) is 7.16. The number of ether oxygens (including phenoxy) is 1. The van der Waals surface area contributed by atoms with Crippen molar-refractivity contribution in [3.8, 4) is 5.75 Å². The zero-order valence-corrected chi connectivity index (χ0v) is 16.8. The summed E-state index contributed by atoms with van der Waals surface area (Å²) < 4.78 is 7.51. The highest BCUT2D eigenvalue weighted by Crippen LogP contribution is 2.31. The minimum atomic E-state index is 0.572. The summed E-state index contributed by atoms with van der Waals surface area (Å²) in [6.07, 6.45) is 6.85. The normalized spacial score (nSPS) is 13.3. The van der Waals surface area contributed by atoms with Crippen LogP contribution in [0.4, 0.5) is 0 Å². The molecule has 0 saturated carbocycles. The van der Waals surface area contributed by atoms with Gasteiger partial charge < -0.3 is 4.74 Å². The lowest BCUT2D eigenvalue weighted by molar-refractivity contribution is 0.0729. The summed E-state index contributed by atoms with van der Waals surface area (Å²) in [6.45, 7) is 1.17. The quantitative estimate of drug-likeness (QED) is 0.413. The Bertz CT molecular complexity index is 972. The van der Waals surface area contributed by atoms with E-state index in [9.17, 15) is 0 Å². The molecule has 150 valence electrons. The van der Waals surface area contributed by atoms with Crippen LogP contribution in [0.1, 0.15) is 30.4 Å². The number of fused-ring (bicyclic) bond motifs is 1. The van der Waals surface area contributed by atoms with Crippen molar-refractivity contribution in [2.45, 2.75) is 25.7 Å². The van der Waals surface area contributed by atoms with Gasteiger partial charge in [-0.3, -0.25) is 10.3 Å². The first-order valence-corrected chi connectivity index (χ1v) is 10.1. The zero-order valence-electron chi connectivity index (χ0n) is 16.1. The Balaban J connectivity index is 1.31. The van der Waals surface area contributed by atoms with Gasteiger partial charge in [0.25, 0.3) is 0 Å². The zero-order chi connectivity index (χ0) is 19.9. The third kappa shape index (κ3) is 4.78. The second-order valence-electron chi connectivity index (χ2n) is 6.76. The van der Waals surface area contributed by atoms with Crippen LogP contribution in [0.2, 0.25) is 5.02 Å². The van der Waals surface area contributed by atoms with E-state index in [2.05, 4.69) is 33.8 Å². The van der Waals surface area contributed by atoms with E-state index in [0.717, 1.165) is 48.4 Å². The van der Waals surface area contributed by atoms with E-state index in [1.54, 1.807) is 17.3 Å². The lowest BCUT2D eigenvalue weighted by atomic mass is 9.93. The lowest BCUT2D eigenvalue weighted by Gasteiger charge is -2.23. The number of aromatic nitrogens is 3. The monoisotopic (exact) mass is 410 g/mol. The molecular formula is C22H23ClN4O2. The summed E-state index contributed by atoms with van der Waals surface area (Å²) in [5, 5.41) is 4.93. The summed E-state index contributed by atoms with van der Waals surface area (Å²) in [5.41, 5.74) is 7.62. The molecule has 0 bridgehead atoms. The molecule has 1 aliphatic carbocycles. The summed E-state index contributed by atoms with van der Waals surface area (Å²) in [7, 11) is 0. The predicted octanol–water partition coefficient (Wildman–Crippen LogP) is 4.58. The van der Waals surface area contributed by atoms with Crippen molar-refractivity contribution < 1.29 is 9.57 Å². The Labute approximate surface area is 175 Å². The van der Waals surface area contributed by atoms with Gasteiger partial charge in [-0.25, -0.2) is 9.67 Å². The molecule has 0 unspecified atom stereocenters. The van der Waals surface area contributed by atoms with Gasteiger partial charge in [0.2, 0.25) is 0 Å². The van der Waals surface area contributed by atoms with Gasteiger partial charge in [-0.2, -0.15) is 5.10 Å². The summed E-state index contributed by atoms with van der Waals surface area (Å²) >= 11 is 6.09. The minimum absolute atomic E-state index is 0.572. The average Bonchev–Trinajstić information content (AvgIpc) is 3.29. The molecule has 4 rings (SSSR count). The molecule has 0 radical (unpaired) electrons. The van der Waals surface area contributed by atoms with Crippen molar-refractivity contribution in [3.63, 3.8) is 0 Å². The van der Waals surface area contributed by atoms with Crippen LogP contribution in [0, 0.1) is 0 Å². The van der Waals surface area contributed by atoms with E-state index in [0.29, 0.717) is 18.2 Å². The van der Waals surface area contributed by atoms with Gasteiger partial charge in [0.05, 0.1) is 29.6 Å². The van der Waals surface area contributed by atoms with Gasteiger partial charge in [0.1, 0.15) is 18.4 Å². The second kappa shape index (κ2) is 9.58. The first-order valence-electron chi connectivity index (χ1n) is 9.74. The number of benzene rings is 2. The third-order valence-corrected chi connectivity index (χ3v) is 5.12. The summed E-state index contributed by atoms with van der Waals surface area (Å²) in [6, 6.07) is 15.9. The fourth-order valence-electron chi connectivity index (χ4n) is 3.35. The number of halogens is 1. The highest BCUT2D eigenvalue weighted by atomic mass is 35.5. The van der Waals surface area contributed by atoms with Gasteiger partial charge in [0.15, 0.2) is 0 Å². The maximum absolute atomic E-state index is 6.09. The van der Waals surface area contributed by atoms with Crippen molar-refractivity contribution in [1.29, 1.82) is 0 Å². The molecule has 1 N–H and O–H groups in total. The predicted molar refractivity (Wildman–Crippen MR) is 113 cm³/mol. The number of nitrogens with one attached hydrogen (secondary N) is 1. The molecular weight excluding hydrogens is 388 g/mol. The highest BCUT2D eigenvalue weighted by Gasteiger charge is 2.20. The van der Waals surface area contributed by atoms with Crippen LogP contribution >= 0.6 is 11.6 Å². The van der Waals surface area contributed by atoms with Gasteiger partial charge in [-0.05, 0) is 43.4 Å². The number of nitrogens with zero attached hydrogens (tertiary/aromatic N) is 3. The average molecular weight is 411 g/mol. The fraction of sp³-hybridized carbons (Fsp3) is 0.273. The molecule has 0 fully saturated rings. The van der Waals surface area contributed by atoms with Crippen molar-refractivity contribution in [2.75, 3.05) is 13.2 Å². The number of hydrogen-bond donors (Lipinski definition) is 1. The maximum atomic E-state index is 6.09. The number of para-hydroxylation sites is 1. The molecule has 0 spiro atoms. The standard InChI is InChI=1S/C22H23ClN4O2/c23-19-9-3-4-10-21(19)28-13-5-6-14-29-26-22-18-8-2-1-7-17(18)11-12-20(22)27-16-24-15-25-27/h1-4,7-10,15-16,26H,5-6,11-14H2. The molecule has 1 heterocycles. The van der Waals surface area contributed by atoms with E-state index in [1.165, 1.54) is 5.56 Å². The number of hydroxylamine groups is 1. The SMILES string of the molecule is Clc1ccccc1OCCCCONC1=C(n2cncn2)CCc2ccccc21. The van der Waals surface area contributed by atoms with Crippen molar-refractivity contribution in [2.24, 2.45) is 0 Å². The minimum Gasteiger partial charge on any atom is -0.492 e. The first-order chi connectivity index (χ1) is 14.3. The molecule has 29 heavy (non-hydrogen) atoms. The Morgan fingerprint density at radius 2 is 1.83 bits per heavy atom. The van der Waals surface area contributed by atoms with Crippen LogP contribution in [0.25, 0.3) is 11.4 Å². The number of aryl methyl sites for hydroxylation is 1. The molecule has 2 aromatic carbocycles. The molecule has 0 saturated heterocycles. The largest absolute Gasteiger partial charge is 0.492 e. The van der Waals surface area contributed by atoms with Gasteiger partial charge in [-0.15, -0.1) is 0 Å². The van der Waals surface area contributed by atoms with E-state index < -0.39 is 0 Å². The van der Waals surface area contributed by atoms with Crippen molar-refractivity contribution in [3.05, 3.63) is 77.3 Å². The summed E-state index contributed by atoms with van der Waals surface area (Å²) in [4.78, 5) is 9.86. The number of hydrogen-bond acceptors (Lipinski definition) is 5. The van der Waals surface area contributed by atoms with E-state index in [4.69, 9.17) is 21.2 Å². The van der Waals surface area contributed by atoms with Gasteiger partial charge in [0, 0.05) is 5.56 Å². The van der Waals surface area contributed by atoms with Crippen LogP contribution in [0.15, 0.2) is 61.2 Å². The smallest absolute Gasteiger partial charge is 0.138 e. The molecule has 7 heteroatoms. The van der Waals surface area contributed by atoms with Crippen LogP contribution in [-0.4, -0.2) is 28.0 Å². The Morgan fingerprint density at radius 3 is 2.69 bits per heavy atom. The van der Waals surface area contributed by atoms with Crippen LogP contribution in [0.3, 0.4) is 0 Å². The summed E-state index contributed by atoms with van der Waals surface area (Å²) in [5.74, 6) is 0.717. The third-order valence-electron chi connectivity index (χ3n) is 4.81. The molecule has 3 aromatic rings. The highest BCUT2D eigenvalue weighted by molar-refractivity contribution is 6.32. The molecule has 1 aliphatic rings. The molecule has 0 amide bonds. The fourth-order valence-corrected chi connectivity index (χ4v) is 3.54. The van der Waals surface area contributed by atoms with Crippen LogP contribution in [0.5, 0.6) is 5.75 Å². The van der Waals surface area contributed by atoms with Crippen LogP contribution in [-0.2, 0) is 11.3 Å². The van der Waals surface area contributed by atoms with E-state index in [-0.39, 0.29) is 0 Å². The van der Waals surface area contributed by atoms with Crippen molar-refractivity contribution in [1.82, 2.24) is 20.2 Å². The number of allylic oxidation sites excluding steroid dienone is 1. The topological polar surface area (TPSA) is 61.2 Å². The Morgan fingerprint density at radius 1 is 1.00 bits per heavy atom. The van der Waals surface area contributed by atoms with Crippen LogP contribution < -0.4 is 10.2 Å². The van der Waals surface area contributed by atoms with Crippen molar-refractivity contribution >= 4 is 23.0 Å². The van der Waals surface area contributed by atoms with E-state index >= 15 is 0 Å². The number of rotatable bonds is 9. The first kappa shape index (κ1) is 19.5. The molecule has 0 aliphatic heterocycles. The lowest BCUT2D eigenvalue weighted by Crippen LogP contribution is -2.21. The van der Waals surface area contributed by atoms with Gasteiger partial charge >= 0.3 is 0 Å². The molecule has 6 nitrogen and oxygen atoms in total. The maximum Gasteiger partial charge on any atom is 0.138 e. The Kier molecular flexibility index (Phi) is 6.44. The Hall–Kier alpha value is -2.83. The van der Waals surface area contributed by atoms with E-state index in [1.807, 2.05) is 30.3 Å². The van der Waals surface area contributed by atoms with Gasteiger partial charge in [-0.1, -0.05) is 48.0 Å².